The van der Waals surface area contributed by atoms with Crippen LogP contribution in [0.1, 0.15) is 35.2 Å². The van der Waals surface area contributed by atoms with E-state index in [9.17, 15) is 9.59 Å². The third-order valence-electron chi connectivity index (χ3n) is 7.30. The van der Waals surface area contributed by atoms with E-state index < -0.39 is 12.0 Å². The van der Waals surface area contributed by atoms with E-state index in [-0.39, 0.29) is 12.2 Å². The van der Waals surface area contributed by atoms with E-state index in [2.05, 4.69) is 0 Å². The molecular weight excluding hydrogens is 608 g/mol. The largest absolute Gasteiger partial charge is 0.497 e. The Hall–Kier alpha value is -4.92. The van der Waals surface area contributed by atoms with Gasteiger partial charge in [0.25, 0.3) is 5.56 Å². The van der Waals surface area contributed by atoms with Crippen molar-refractivity contribution in [2.24, 2.45) is 4.99 Å². The van der Waals surface area contributed by atoms with Gasteiger partial charge in [-0.15, -0.1) is 0 Å². The highest BCUT2D eigenvalue weighted by atomic mass is 35.5. The summed E-state index contributed by atoms with van der Waals surface area (Å²) in [5.41, 5.74) is 3.85. The van der Waals surface area contributed by atoms with Gasteiger partial charge in [0, 0.05) is 10.6 Å². The highest BCUT2D eigenvalue weighted by Crippen LogP contribution is 2.35. The summed E-state index contributed by atoms with van der Waals surface area (Å²) in [5, 5.41) is 0.678. The highest BCUT2D eigenvalue weighted by molar-refractivity contribution is 7.07. The van der Waals surface area contributed by atoms with Crippen molar-refractivity contribution in [3.05, 3.63) is 156 Å². The van der Waals surface area contributed by atoms with Gasteiger partial charge in [0.15, 0.2) is 4.80 Å². The van der Waals surface area contributed by atoms with Gasteiger partial charge >= 0.3 is 5.97 Å². The van der Waals surface area contributed by atoms with Crippen molar-refractivity contribution in [3.63, 3.8) is 0 Å². The van der Waals surface area contributed by atoms with Crippen LogP contribution in [-0.4, -0.2) is 24.3 Å². The van der Waals surface area contributed by atoms with Crippen LogP contribution in [0.3, 0.4) is 0 Å². The first-order valence-corrected chi connectivity index (χ1v) is 15.5. The van der Waals surface area contributed by atoms with Gasteiger partial charge < -0.3 is 14.2 Å². The van der Waals surface area contributed by atoms with Crippen LogP contribution in [0.5, 0.6) is 11.5 Å². The van der Waals surface area contributed by atoms with Crippen molar-refractivity contribution >= 4 is 40.7 Å². The van der Waals surface area contributed by atoms with E-state index in [0.717, 1.165) is 22.3 Å². The lowest BCUT2D eigenvalue weighted by atomic mass is 9.93. The second-order valence-corrected chi connectivity index (χ2v) is 11.6. The Labute approximate surface area is 268 Å². The third kappa shape index (κ3) is 6.48. The van der Waals surface area contributed by atoms with Gasteiger partial charge in [0.05, 0.1) is 35.6 Å². The Morgan fingerprint density at radius 3 is 2.29 bits per heavy atom. The molecule has 7 nitrogen and oxygen atoms in total. The van der Waals surface area contributed by atoms with Gasteiger partial charge in [0.2, 0.25) is 0 Å². The number of fused-ring (bicyclic) bond motifs is 1. The van der Waals surface area contributed by atoms with Crippen LogP contribution in [0.15, 0.2) is 118 Å². The van der Waals surface area contributed by atoms with E-state index in [0.29, 0.717) is 43.7 Å². The average molecular weight is 637 g/mol. The molecule has 1 aliphatic rings. The molecule has 9 heteroatoms. The first-order valence-electron chi connectivity index (χ1n) is 14.3. The monoisotopic (exact) mass is 636 g/mol. The molecule has 0 unspecified atom stereocenters. The van der Waals surface area contributed by atoms with E-state index >= 15 is 0 Å². The normalized spacial score (nSPS) is 14.5. The summed E-state index contributed by atoms with van der Waals surface area (Å²) in [4.78, 5) is 33.1. The molecule has 0 fully saturated rings. The van der Waals surface area contributed by atoms with Crippen molar-refractivity contribution < 1.29 is 19.0 Å². The van der Waals surface area contributed by atoms with E-state index in [1.54, 1.807) is 18.6 Å². The average Bonchev–Trinajstić information content (AvgIpc) is 3.38. The quantitative estimate of drug-likeness (QED) is 0.181. The van der Waals surface area contributed by atoms with E-state index in [1.807, 2.05) is 109 Å². The molecule has 0 spiro atoms. The first kappa shape index (κ1) is 30.1. The van der Waals surface area contributed by atoms with Crippen LogP contribution in [0.2, 0.25) is 5.02 Å². The number of ether oxygens (including phenoxy) is 3. The molecule has 1 aliphatic heterocycles. The smallest absolute Gasteiger partial charge is 0.338 e. The number of hydrogen-bond acceptors (Lipinski definition) is 7. The second-order valence-electron chi connectivity index (χ2n) is 10.2. The fourth-order valence-corrected chi connectivity index (χ4v) is 6.23. The van der Waals surface area contributed by atoms with E-state index in [4.69, 9.17) is 30.8 Å². The molecule has 0 bridgehead atoms. The van der Waals surface area contributed by atoms with Crippen molar-refractivity contribution in [2.45, 2.75) is 19.6 Å². The Balaban J connectivity index is 1.43. The number of hydrogen-bond donors (Lipinski definition) is 0. The van der Waals surface area contributed by atoms with Gasteiger partial charge in [-0.25, -0.2) is 9.79 Å². The Morgan fingerprint density at radius 2 is 1.62 bits per heavy atom. The third-order valence-corrected chi connectivity index (χ3v) is 8.54. The van der Waals surface area contributed by atoms with Gasteiger partial charge in [-0.05, 0) is 66.1 Å². The molecule has 0 aliphatic carbocycles. The SMILES string of the molecule is CCOC(=O)C1=C(c2ccccc2)N=c2s/c(=C\c3ccc(OCc4ccc(Cl)cc4)cc3)c(=O)n2[C@H]1c1ccc(OC)cc1. The zero-order valence-electron chi connectivity index (χ0n) is 24.6. The minimum Gasteiger partial charge on any atom is -0.497 e. The molecule has 45 heavy (non-hydrogen) atoms. The second kappa shape index (κ2) is 13.4. The van der Waals surface area contributed by atoms with Crippen molar-refractivity contribution in [2.75, 3.05) is 13.7 Å². The molecule has 0 radical (unpaired) electrons. The number of halogens is 1. The zero-order valence-corrected chi connectivity index (χ0v) is 26.2. The standard InChI is InChI=1S/C36H29ClN2O5S/c1-3-43-35(41)31-32(25-7-5-4-6-8-25)38-36-39(33(31)26-13-19-28(42-2)20-14-26)34(40)30(45-36)21-23-11-17-29(18-12-23)44-22-24-9-15-27(37)16-10-24/h4-21,33H,3,22H2,1-2H3/b30-21-/t33-/m0/s1. The summed E-state index contributed by atoms with van der Waals surface area (Å²) in [7, 11) is 1.59. The van der Waals surface area contributed by atoms with Gasteiger partial charge in [-0.1, -0.05) is 89.7 Å². The fourth-order valence-electron chi connectivity index (χ4n) is 5.10. The Bertz CT molecular complexity index is 2030. The molecule has 5 aromatic rings. The van der Waals surface area contributed by atoms with Crippen molar-refractivity contribution in [1.82, 2.24) is 4.57 Å². The Kier molecular flexibility index (Phi) is 8.96. The molecule has 4 aromatic carbocycles. The molecule has 0 N–H and O–H groups in total. The lowest BCUT2D eigenvalue weighted by Crippen LogP contribution is -2.40. The Morgan fingerprint density at radius 1 is 0.933 bits per heavy atom. The minimum absolute atomic E-state index is 0.184. The lowest BCUT2D eigenvalue weighted by molar-refractivity contribution is -0.138. The van der Waals surface area contributed by atoms with Gasteiger partial charge in [-0.2, -0.15) is 0 Å². The number of rotatable bonds is 9. The summed E-state index contributed by atoms with van der Waals surface area (Å²) in [6, 6.07) is 31.1. The molecule has 2 heterocycles. The first-order chi connectivity index (χ1) is 21.9. The number of benzene rings is 4. The topological polar surface area (TPSA) is 79.1 Å². The van der Waals surface area contributed by atoms with Crippen LogP contribution in [0.4, 0.5) is 0 Å². The number of carbonyl (C=O) groups is 1. The molecule has 0 amide bonds. The molecule has 0 saturated carbocycles. The molecule has 0 saturated heterocycles. The predicted molar refractivity (Wildman–Crippen MR) is 176 cm³/mol. The molecule has 1 atom stereocenters. The number of carbonyl (C=O) groups excluding carboxylic acids is 1. The van der Waals surface area contributed by atoms with Crippen LogP contribution in [-0.2, 0) is 16.1 Å². The van der Waals surface area contributed by atoms with Crippen LogP contribution >= 0.6 is 22.9 Å². The summed E-state index contributed by atoms with van der Waals surface area (Å²) in [6.07, 6.45) is 1.83. The molecular formula is C36H29ClN2O5S. The lowest BCUT2D eigenvalue weighted by Gasteiger charge is -2.26. The minimum atomic E-state index is -0.757. The van der Waals surface area contributed by atoms with Crippen LogP contribution in [0.25, 0.3) is 11.8 Å². The maximum absolute atomic E-state index is 14.1. The number of aromatic nitrogens is 1. The predicted octanol–water partition coefficient (Wildman–Crippen LogP) is 6.18. The van der Waals surface area contributed by atoms with Crippen LogP contribution < -0.4 is 24.4 Å². The highest BCUT2D eigenvalue weighted by Gasteiger charge is 2.35. The van der Waals surface area contributed by atoms with Crippen molar-refractivity contribution in [1.29, 1.82) is 0 Å². The summed E-state index contributed by atoms with van der Waals surface area (Å²) < 4.78 is 18.9. The number of esters is 1. The maximum atomic E-state index is 14.1. The van der Waals surface area contributed by atoms with Gasteiger partial charge in [0.1, 0.15) is 18.1 Å². The maximum Gasteiger partial charge on any atom is 0.338 e. The number of methoxy groups -OCH3 is 1. The zero-order chi connectivity index (χ0) is 31.3. The van der Waals surface area contributed by atoms with Crippen molar-refractivity contribution in [3.8, 4) is 11.5 Å². The summed E-state index contributed by atoms with van der Waals surface area (Å²) in [6.45, 7) is 2.35. The summed E-state index contributed by atoms with van der Waals surface area (Å²) in [5.74, 6) is 0.843. The molecule has 1 aromatic heterocycles. The fraction of sp³-hybridized carbons (Fsp3) is 0.139. The summed E-state index contributed by atoms with van der Waals surface area (Å²) >= 11 is 7.25. The number of nitrogens with zero attached hydrogens (tertiary/aromatic N) is 2. The van der Waals surface area contributed by atoms with E-state index in [1.165, 1.54) is 11.3 Å². The number of thiazole rings is 1. The van der Waals surface area contributed by atoms with Gasteiger partial charge in [-0.3, -0.25) is 9.36 Å². The molecule has 6 rings (SSSR count). The van der Waals surface area contributed by atoms with Crippen LogP contribution in [0, 0.1) is 0 Å². The molecule has 226 valence electrons.